The molecule has 1 N–H and O–H groups in total. The van der Waals surface area contributed by atoms with Gasteiger partial charge in [0.15, 0.2) is 0 Å². The highest BCUT2D eigenvalue weighted by molar-refractivity contribution is 9.10. The van der Waals surface area contributed by atoms with Gasteiger partial charge in [-0.2, -0.15) is 0 Å². The summed E-state index contributed by atoms with van der Waals surface area (Å²) in [6, 6.07) is 7.00. The molecule has 2 aromatic rings. The predicted octanol–water partition coefficient (Wildman–Crippen LogP) is 4.25. The maximum Gasteiger partial charge on any atom is 0.341 e. The molecule has 0 aliphatic carbocycles. The van der Waals surface area contributed by atoms with Gasteiger partial charge in [0.05, 0.1) is 12.2 Å². The van der Waals surface area contributed by atoms with E-state index in [1.54, 1.807) is 30.5 Å². The second-order valence-corrected chi connectivity index (χ2v) is 6.07. The van der Waals surface area contributed by atoms with Crippen LogP contribution in [-0.2, 0) is 4.74 Å². The lowest BCUT2D eigenvalue weighted by molar-refractivity contribution is 0.0528. The van der Waals surface area contributed by atoms with E-state index in [1.165, 1.54) is 11.3 Å². The first-order valence-corrected chi connectivity index (χ1v) is 8.02. The molecule has 1 aromatic carbocycles. The minimum Gasteiger partial charge on any atom is -0.462 e. The van der Waals surface area contributed by atoms with E-state index in [1.807, 2.05) is 13.0 Å². The molecule has 4 nitrogen and oxygen atoms in total. The summed E-state index contributed by atoms with van der Waals surface area (Å²) in [5.41, 5.74) is 1.95. The van der Waals surface area contributed by atoms with Crippen molar-refractivity contribution >= 4 is 44.1 Å². The smallest absolute Gasteiger partial charge is 0.341 e. The molecule has 0 unspecified atom stereocenters. The van der Waals surface area contributed by atoms with Gasteiger partial charge in [0.25, 0.3) is 5.91 Å². The Hall–Kier alpha value is -1.66. The number of rotatable bonds is 4. The SMILES string of the molecule is CCOC(=O)c1ccsc1NC(=O)c1ccc(C)c(Br)c1. The predicted molar refractivity (Wildman–Crippen MR) is 87.1 cm³/mol. The maximum atomic E-state index is 12.2. The Morgan fingerprint density at radius 3 is 2.76 bits per heavy atom. The van der Waals surface area contributed by atoms with E-state index in [0.29, 0.717) is 22.7 Å². The number of benzene rings is 1. The Labute approximate surface area is 135 Å². The van der Waals surface area contributed by atoms with E-state index in [9.17, 15) is 9.59 Å². The van der Waals surface area contributed by atoms with Crippen LogP contribution in [0.15, 0.2) is 34.1 Å². The summed E-state index contributed by atoms with van der Waals surface area (Å²) in [5, 5.41) is 4.99. The standard InChI is InChI=1S/C15H14BrNO3S/c1-3-20-15(19)11-6-7-21-14(11)17-13(18)10-5-4-9(2)12(16)8-10/h4-8H,3H2,1-2H3,(H,17,18). The fourth-order valence-corrected chi connectivity index (χ4v) is 2.83. The van der Waals surface area contributed by atoms with Crippen LogP contribution in [0, 0.1) is 6.92 Å². The number of ether oxygens (including phenoxy) is 1. The van der Waals surface area contributed by atoms with Gasteiger partial charge in [0.2, 0.25) is 0 Å². The minimum atomic E-state index is -0.431. The molecule has 1 aromatic heterocycles. The molecule has 0 aliphatic rings. The summed E-state index contributed by atoms with van der Waals surface area (Å²) in [5.74, 6) is -0.692. The van der Waals surface area contributed by atoms with E-state index in [4.69, 9.17) is 4.74 Å². The molecular formula is C15H14BrNO3S. The minimum absolute atomic E-state index is 0.260. The van der Waals surface area contributed by atoms with Crippen LogP contribution in [0.1, 0.15) is 33.2 Å². The third kappa shape index (κ3) is 3.71. The molecule has 0 spiro atoms. The Morgan fingerprint density at radius 1 is 1.33 bits per heavy atom. The van der Waals surface area contributed by atoms with Crippen molar-refractivity contribution in [2.24, 2.45) is 0 Å². The normalized spacial score (nSPS) is 10.2. The Kier molecular flexibility index (Phi) is 5.14. The largest absolute Gasteiger partial charge is 0.462 e. The molecule has 0 atom stereocenters. The average Bonchev–Trinajstić information content (AvgIpc) is 2.90. The number of esters is 1. The van der Waals surface area contributed by atoms with Crippen molar-refractivity contribution in [2.75, 3.05) is 11.9 Å². The number of carbonyl (C=O) groups is 2. The lowest BCUT2D eigenvalue weighted by atomic mass is 10.1. The molecule has 110 valence electrons. The third-order valence-corrected chi connectivity index (χ3v) is 4.51. The summed E-state index contributed by atoms with van der Waals surface area (Å²) >= 11 is 4.69. The summed E-state index contributed by atoms with van der Waals surface area (Å²) < 4.78 is 5.83. The summed E-state index contributed by atoms with van der Waals surface area (Å²) in [4.78, 5) is 24.0. The fourth-order valence-electron chi connectivity index (χ4n) is 1.69. The number of hydrogen-bond donors (Lipinski definition) is 1. The lowest BCUT2D eigenvalue weighted by Crippen LogP contribution is -2.14. The summed E-state index contributed by atoms with van der Waals surface area (Å²) in [6.07, 6.45) is 0. The maximum absolute atomic E-state index is 12.2. The van der Waals surface area contributed by atoms with E-state index in [-0.39, 0.29) is 5.91 Å². The number of halogens is 1. The van der Waals surface area contributed by atoms with Crippen LogP contribution < -0.4 is 5.32 Å². The van der Waals surface area contributed by atoms with Crippen LogP contribution in [0.25, 0.3) is 0 Å². The van der Waals surface area contributed by atoms with E-state index < -0.39 is 5.97 Å². The van der Waals surface area contributed by atoms with Gasteiger partial charge < -0.3 is 10.1 Å². The molecule has 0 fully saturated rings. The summed E-state index contributed by atoms with van der Waals surface area (Å²) in [6.45, 7) is 3.99. The zero-order valence-electron chi connectivity index (χ0n) is 11.6. The zero-order valence-corrected chi connectivity index (χ0v) is 14.0. The average molecular weight is 368 g/mol. The van der Waals surface area contributed by atoms with Crippen molar-refractivity contribution in [2.45, 2.75) is 13.8 Å². The van der Waals surface area contributed by atoms with Gasteiger partial charge >= 0.3 is 5.97 Å². The first-order chi connectivity index (χ1) is 10.0. The number of aryl methyl sites for hydroxylation is 1. The fraction of sp³-hybridized carbons (Fsp3) is 0.200. The molecule has 0 bridgehead atoms. The van der Waals surface area contributed by atoms with Crippen LogP contribution in [-0.4, -0.2) is 18.5 Å². The van der Waals surface area contributed by atoms with Gasteiger partial charge in [-0.25, -0.2) is 4.79 Å². The highest BCUT2D eigenvalue weighted by Crippen LogP contribution is 2.25. The quantitative estimate of drug-likeness (QED) is 0.821. The van der Waals surface area contributed by atoms with Gasteiger partial charge in [-0.05, 0) is 43.0 Å². The summed E-state index contributed by atoms with van der Waals surface area (Å²) in [7, 11) is 0. The van der Waals surface area contributed by atoms with Crippen molar-refractivity contribution in [1.29, 1.82) is 0 Å². The molecule has 0 aliphatic heterocycles. The molecule has 0 saturated heterocycles. The molecular weight excluding hydrogens is 354 g/mol. The zero-order chi connectivity index (χ0) is 15.4. The van der Waals surface area contributed by atoms with Crippen molar-refractivity contribution in [3.63, 3.8) is 0 Å². The molecule has 2 rings (SSSR count). The molecule has 21 heavy (non-hydrogen) atoms. The number of carbonyl (C=O) groups excluding carboxylic acids is 2. The van der Waals surface area contributed by atoms with Crippen molar-refractivity contribution < 1.29 is 14.3 Å². The Balaban J connectivity index is 2.18. The van der Waals surface area contributed by atoms with Crippen molar-refractivity contribution in [3.8, 4) is 0 Å². The third-order valence-electron chi connectivity index (χ3n) is 2.82. The van der Waals surface area contributed by atoms with Crippen LogP contribution in [0.3, 0.4) is 0 Å². The molecule has 6 heteroatoms. The van der Waals surface area contributed by atoms with E-state index in [0.717, 1.165) is 10.0 Å². The van der Waals surface area contributed by atoms with Gasteiger partial charge in [0, 0.05) is 10.0 Å². The van der Waals surface area contributed by atoms with Gasteiger partial charge in [-0.3, -0.25) is 4.79 Å². The van der Waals surface area contributed by atoms with E-state index >= 15 is 0 Å². The monoisotopic (exact) mass is 367 g/mol. The van der Waals surface area contributed by atoms with Crippen LogP contribution in [0.4, 0.5) is 5.00 Å². The topological polar surface area (TPSA) is 55.4 Å². The molecule has 0 radical (unpaired) electrons. The number of thiophene rings is 1. The Bertz CT molecular complexity index is 681. The van der Waals surface area contributed by atoms with Gasteiger partial charge in [-0.1, -0.05) is 22.0 Å². The van der Waals surface area contributed by atoms with Crippen LogP contribution in [0.2, 0.25) is 0 Å². The first-order valence-electron chi connectivity index (χ1n) is 6.35. The van der Waals surface area contributed by atoms with E-state index in [2.05, 4.69) is 21.2 Å². The molecule has 1 amide bonds. The van der Waals surface area contributed by atoms with Crippen molar-refractivity contribution in [3.05, 3.63) is 50.8 Å². The number of anilines is 1. The number of amides is 1. The highest BCUT2D eigenvalue weighted by atomic mass is 79.9. The van der Waals surface area contributed by atoms with Crippen LogP contribution >= 0.6 is 27.3 Å². The second kappa shape index (κ2) is 6.87. The molecule has 1 heterocycles. The second-order valence-electron chi connectivity index (χ2n) is 4.30. The Morgan fingerprint density at radius 2 is 2.10 bits per heavy atom. The van der Waals surface area contributed by atoms with Crippen molar-refractivity contribution in [1.82, 2.24) is 0 Å². The first kappa shape index (κ1) is 15.7. The molecule has 0 saturated carbocycles. The number of hydrogen-bond acceptors (Lipinski definition) is 4. The highest BCUT2D eigenvalue weighted by Gasteiger charge is 2.17. The van der Waals surface area contributed by atoms with Crippen LogP contribution in [0.5, 0.6) is 0 Å². The lowest BCUT2D eigenvalue weighted by Gasteiger charge is -2.07. The van der Waals surface area contributed by atoms with Gasteiger partial charge in [0.1, 0.15) is 5.00 Å². The number of nitrogens with one attached hydrogen (secondary N) is 1. The van der Waals surface area contributed by atoms with Gasteiger partial charge in [-0.15, -0.1) is 11.3 Å².